The van der Waals surface area contributed by atoms with E-state index in [2.05, 4.69) is 4.98 Å². The van der Waals surface area contributed by atoms with E-state index >= 15 is 0 Å². The smallest absolute Gasteiger partial charge is 0.374 e. The fourth-order valence-electron chi connectivity index (χ4n) is 2.10. The Balaban J connectivity index is 3.48. The summed E-state index contributed by atoms with van der Waals surface area (Å²) in [6.45, 7) is 6.09. The van der Waals surface area contributed by atoms with E-state index in [1.165, 1.54) is 6.07 Å². The summed E-state index contributed by atoms with van der Waals surface area (Å²) in [7, 11) is 0. The van der Waals surface area contributed by atoms with Crippen LogP contribution in [0.4, 0.5) is 13.2 Å². The quantitative estimate of drug-likeness (QED) is 0.821. The fraction of sp³-hybridized carbons (Fsp3) is 0.571. The number of nitrogens with zero attached hydrogens (tertiary/aromatic N) is 1. The minimum absolute atomic E-state index is 0.0121. The molecule has 0 saturated heterocycles. The van der Waals surface area contributed by atoms with Gasteiger partial charge < -0.3 is 10.4 Å². The largest absolute Gasteiger partial charge is 0.424 e. The van der Waals surface area contributed by atoms with Crippen molar-refractivity contribution in [3.63, 3.8) is 0 Å². The number of aromatic nitrogens is 1. The van der Waals surface area contributed by atoms with E-state index in [-0.39, 0.29) is 12.3 Å². The lowest BCUT2D eigenvalue weighted by atomic mass is 9.91. The van der Waals surface area contributed by atoms with Crippen LogP contribution in [0.2, 0.25) is 0 Å². The van der Waals surface area contributed by atoms with Crippen LogP contribution in [0.3, 0.4) is 0 Å². The van der Waals surface area contributed by atoms with Crippen LogP contribution in [0, 0.1) is 13.8 Å². The van der Waals surface area contributed by atoms with Crippen LogP contribution in [0.5, 0.6) is 0 Å². The molecule has 7 heteroatoms. The molecule has 1 aromatic heterocycles. The van der Waals surface area contributed by atoms with E-state index in [0.717, 1.165) is 5.56 Å². The van der Waals surface area contributed by atoms with Crippen molar-refractivity contribution in [1.82, 2.24) is 10.3 Å². The third-order valence-corrected chi connectivity index (χ3v) is 3.51. The number of alkyl halides is 3. The molecule has 0 aromatic carbocycles. The maximum Gasteiger partial charge on any atom is 0.424 e. The predicted molar refractivity (Wildman–Crippen MR) is 71.8 cm³/mol. The third-order valence-electron chi connectivity index (χ3n) is 3.51. The van der Waals surface area contributed by atoms with Gasteiger partial charge >= 0.3 is 6.18 Å². The van der Waals surface area contributed by atoms with Crippen molar-refractivity contribution >= 4 is 6.41 Å². The first kappa shape index (κ1) is 17.4. The van der Waals surface area contributed by atoms with Crippen LogP contribution < -0.4 is 5.32 Å². The highest BCUT2D eigenvalue weighted by molar-refractivity contribution is 5.46. The van der Waals surface area contributed by atoms with Gasteiger partial charge in [-0.15, -0.1) is 0 Å². The summed E-state index contributed by atoms with van der Waals surface area (Å²) in [5.74, 6) is -0.0121. The molecule has 2 N–H and O–H groups in total. The maximum atomic E-state index is 13.2. The first-order valence-corrected chi connectivity index (χ1v) is 6.49. The topological polar surface area (TPSA) is 62.2 Å². The Morgan fingerprint density at radius 3 is 2.38 bits per heavy atom. The number of carbonyl (C=O) groups is 1. The number of nitrogens with one attached hydrogen (secondary N) is 1. The molecule has 0 aliphatic heterocycles. The first-order valence-electron chi connectivity index (χ1n) is 6.49. The third kappa shape index (κ3) is 3.34. The van der Waals surface area contributed by atoms with Crippen molar-refractivity contribution in [3.05, 3.63) is 28.6 Å². The minimum Gasteiger partial charge on any atom is -0.374 e. The molecule has 0 aliphatic carbocycles. The fourth-order valence-corrected chi connectivity index (χ4v) is 2.10. The number of aliphatic hydroxyl groups is 1. The lowest BCUT2D eigenvalue weighted by Gasteiger charge is -2.31. The van der Waals surface area contributed by atoms with Gasteiger partial charge in [0.1, 0.15) is 0 Å². The molecule has 1 unspecified atom stereocenters. The molecule has 0 radical (unpaired) electrons. The molecule has 1 amide bonds. The standard InChI is InChI=1S/C14H19F3N2O2/c1-8(2)11-5-12(19-10(4)9(11)3)13(21,6-18-7-20)14(15,16)17/h5,7-8,21H,6H2,1-4H3,(H,18,20). The zero-order valence-electron chi connectivity index (χ0n) is 12.4. The highest BCUT2D eigenvalue weighted by Gasteiger charge is 2.56. The molecule has 0 fully saturated rings. The Labute approximate surface area is 121 Å². The van der Waals surface area contributed by atoms with Crippen LogP contribution in [-0.2, 0) is 10.4 Å². The highest BCUT2D eigenvalue weighted by Crippen LogP contribution is 2.39. The van der Waals surface area contributed by atoms with Crippen molar-refractivity contribution in [3.8, 4) is 0 Å². The highest BCUT2D eigenvalue weighted by atomic mass is 19.4. The van der Waals surface area contributed by atoms with E-state index in [1.54, 1.807) is 13.8 Å². The molecule has 4 nitrogen and oxygen atoms in total. The maximum absolute atomic E-state index is 13.2. The summed E-state index contributed by atoms with van der Waals surface area (Å²) >= 11 is 0. The first-order chi connectivity index (χ1) is 9.54. The summed E-state index contributed by atoms with van der Waals surface area (Å²) in [5, 5.41) is 11.9. The second-order valence-electron chi connectivity index (χ2n) is 5.32. The normalized spacial score (nSPS) is 14.9. The number of amides is 1. The second kappa shape index (κ2) is 6.01. The lowest BCUT2D eigenvalue weighted by Crippen LogP contribution is -2.50. The summed E-state index contributed by atoms with van der Waals surface area (Å²) in [5.41, 5.74) is -1.82. The molecule has 118 valence electrons. The van der Waals surface area contributed by atoms with Crippen LogP contribution in [-0.4, -0.2) is 29.2 Å². The van der Waals surface area contributed by atoms with E-state index < -0.39 is 24.0 Å². The van der Waals surface area contributed by atoms with E-state index in [4.69, 9.17) is 0 Å². The molecule has 1 heterocycles. The van der Waals surface area contributed by atoms with Gasteiger partial charge in [-0.3, -0.25) is 9.78 Å². The molecule has 0 spiro atoms. The van der Waals surface area contributed by atoms with Crippen LogP contribution in [0.25, 0.3) is 0 Å². The molecular weight excluding hydrogens is 285 g/mol. The Bertz CT molecular complexity index is 530. The monoisotopic (exact) mass is 304 g/mol. The number of pyridine rings is 1. The number of carbonyl (C=O) groups excluding carboxylic acids is 1. The Hall–Kier alpha value is -1.63. The van der Waals surface area contributed by atoms with Gasteiger partial charge in [-0.1, -0.05) is 13.8 Å². The molecule has 0 saturated carbocycles. The van der Waals surface area contributed by atoms with Gasteiger partial charge in [0, 0.05) is 5.69 Å². The minimum atomic E-state index is -4.95. The van der Waals surface area contributed by atoms with Crippen molar-refractivity contribution in [2.75, 3.05) is 6.54 Å². The second-order valence-corrected chi connectivity index (χ2v) is 5.32. The number of hydrogen-bond donors (Lipinski definition) is 2. The Kier molecular flexibility index (Phi) is 4.99. The summed E-state index contributed by atoms with van der Waals surface area (Å²) in [4.78, 5) is 14.2. The van der Waals surface area contributed by atoms with Gasteiger partial charge in [-0.2, -0.15) is 13.2 Å². The number of hydrogen-bond acceptors (Lipinski definition) is 3. The Morgan fingerprint density at radius 2 is 1.95 bits per heavy atom. The summed E-state index contributed by atoms with van der Waals surface area (Å²) < 4.78 is 39.7. The average molecular weight is 304 g/mol. The van der Waals surface area contributed by atoms with E-state index in [0.29, 0.717) is 11.3 Å². The zero-order chi connectivity index (χ0) is 16.4. The van der Waals surface area contributed by atoms with E-state index in [9.17, 15) is 23.1 Å². The Morgan fingerprint density at radius 1 is 1.38 bits per heavy atom. The van der Waals surface area contributed by atoms with Gasteiger partial charge in [0.25, 0.3) is 0 Å². The van der Waals surface area contributed by atoms with Crippen molar-refractivity contribution in [2.24, 2.45) is 0 Å². The van der Waals surface area contributed by atoms with Gasteiger partial charge in [0.2, 0.25) is 12.0 Å². The van der Waals surface area contributed by atoms with Crippen molar-refractivity contribution in [1.29, 1.82) is 0 Å². The molecular formula is C14H19F3N2O2. The number of aryl methyl sites for hydroxylation is 1. The number of halogens is 3. The molecule has 1 rings (SSSR count). The van der Waals surface area contributed by atoms with Gasteiger partial charge in [0.05, 0.1) is 12.2 Å². The van der Waals surface area contributed by atoms with Crippen LogP contribution >= 0.6 is 0 Å². The average Bonchev–Trinajstić information content (AvgIpc) is 2.37. The predicted octanol–water partition coefficient (Wildman–Crippen LogP) is 2.32. The van der Waals surface area contributed by atoms with Crippen LogP contribution in [0.15, 0.2) is 6.07 Å². The summed E-state index contributed by atoms with van der Waals surface area (Å²) in [6.07, 6.45) is -4.84. The molecule has 1 aromatic rings. The van der Waals surface area contributed by atoms with Gasteiger partial charge in [0.15, 0.2) is 0 Å². The zero-order valence-corrected chi connectivity index (χ0v) is 12.4. The van der Waals surface area contributed by atoms with Gasteiger partial charge in [-0.05, 0) is 37.0 Å². The molecule has 21 heavy (non-hydrogen) atoms. The molecule has 1 atom stereocenters. The summed E-state index contributed by atoms with van der Waals surface area (Å²) in [6, 6.07) is 1.26. The number of rotatable bonds is 5. The van der Waals surface area contributed by atoms with Crippen molar-refractivity contribution < 1.29 is 23.1 Å². The SMILES string of the molecule is Cc1nc(C(O)(CNC=O)C(F)(F)F)cc(C(C)C)c1C. The lowest BCUT2D eigenvalue weighted by molar-refractivity contribution is -0.265. The van der Waals surface area contributed by atoms with Gasteiger partial charge in [-0.25, -0.2) is 0 Å². The molecule has 0 aliphatic rings. The molecule has 0 bridgehead atoms. The van der Waals surface area contributed by atoms with E-state index in [1.807, 2.05) is 19.2 Å². The van der Waals surface area contributed by atoms with Crippen molar-refractivity contribution in [2.45, 2.75) is 45.4 Å². The van der Waals surface area contributed by atoms with Crippen LogP contribution in [0.1, 0.15) is 42.3 Å².